The third-order valence-corrected chi connectivity index (χ3v) is 3.04. The van der Waals surface area contributed by atoms with E-state index in [1.54, 1.807) is 13.8 Å². The summed E-state index contributed by atoms with van der Waals surface area (Å²) in [5, 5.41) is 0.484. The van der Waals surface area contributed by atoms with Crippen LogP contribution in [0.5, 0.6) is 0 Å². The maximum absolute atomic E-state index is 12.4. The summed E-state index contributed by atoms with van der Waals surface area (Å²) in [7, 11) is 0. The monoisotopic (exact) mass is 224 g/mol. The Morgan fingerprint density at radius 3 is 2.29 bits per heavy atom. The molecule has 1 rings (SSSR count). The quantitative estimate of drug-likeness (QED) is 0.838. The van der Waals surface area contributed by atoms with E-state index in [1.165, 1.54) is 0 Å². The molecule has 0 aromatic carbocycles. The van der Waals surface area contributed by atoms with E-state index >= 15 is 0 Å². The number of nitrogens with two attached hydrogens (primary N) is 1. The summed E-state index contributed by atoms with van der Waals surface area (Å²) in [6, 6.07) is 0. The van der Waals surface area contributed by atoms with Crippen LogP contribution >= 0.6 is 11.3 Å². The lowest BCUT2D eigenvalue weighted by molar-refractivity contribution is -0.141. The van der Waals surface area contributed by atoms with Crippen molar-refractivity contribution in [3.8, 4) is 0 Å². The van der Waals surface area contributed by atoms with Crippen molar-refractivity contribution in [1.29, 1.82) is 0 Å². The van der Waals surface area contributed by atoms with Gasteiger partial charge in [-0.1, -0.05) is 13.8 Å². The van der Waals surface area contributed by atoms with Gasteiger partial charge in [0, 0.05) is 12.5 Å². The first-order valence-electron chi connectivity index (χ1n) is 4.13. The number of nitrogens with zero attached hydrogens (tertiary/aromatic N) is 1. The van der Waals surface area contributed by atoms with Crippen molar-refractivity contribution >= 4 is 11.3 Å². The van der Waals surface area contributed by atoms with Gasteiger partial charge in [0.2, 0.25) is 0 Å². The molecule has 0 spiro atoms. The molecule has 0 aliphatic heterocycles. The molecular formula is C8H11F3N2S. The average molecular weight is 224 g/mol. The van der Waals surface area contributed by atoms with Crippen LogP contribution < -0.4 is 5.73 Å². The first kappa shape index (κ1) is 11.5. The molecule has 2 nitrogen and oxygen atoms in total. The number of halogens is 3. The molecule has 0 atom stereocenters. The lowest BCUT2D eigenvalue weighted by Crippen LogP contribution is -2.10. The predicted octanol–water partition coefficient (Wildman–Crippen LogP) is 2.74. The maximum atomic E-state index is 12.4. The van der Waals surface area contributed by atoms with Crippen molar-refractivity contribution in [2.24, 2.45) is 5.73 Å². The summed E-state index contributed by atoms with van der Waals surface area (Å²) >= 11 is 1.04. The molecule has 80 valence electrons. The van der Waals surface area contributed by atoms with E-state index in [-0.39, 0.29) is 17.3 Å². The molecule has 0 unspecified atom stereocenters. The van der Waals surface area contributed by atoms with Gasteiger partial charge in [0.05, 0.1) is 9.88 Å². The van der Waals surface area contributed by atoms with E-state index in [1.807, 2.05) is 0 Å². The molecule has 0 saturated carbocycles. The molecule has 1 aromatic rings. The van der Waals surface area contributed by atoms with Gasteiger partial charge in [0.15, 0.2) is 5.69 Å². The van der Waals surface area contributed by atoms with E-state index in [2.05, 4.69) is 4.98 Å². The number of alkyl halides is 3. The minimum atomic E-state index is -4.39. The van der Waals surface area contributed by atoms with Crippen molar-refractivity contribution < 1.29 is 13.2 Å². The molecule has 0 aliphatic carbocycles. The predicted molar refractivity (Wildman–Crippen MR) is 49.1 cm³/mol. The van der Waals surface area contributed by atoms with E-state index in [4.69, 9.17) is 5.73 Å². The number of hydrogen-bond acceptors (Lipinski definition) is 3. The van der Waals surface area contributed by atoms with E-state index in [0.29, 0.717) is 5.01 Å². The van der Waals surface area contributed by atoms with Crippen LogP contribution in [-0.2, 0) is 12.7 Å². The van der Waals surface area contributed by atoms with E-state index in [9.17, 15) is 13.2 Å². The average Bonchev–Trinajstić information content (AvgIpc) is 2.46. The molecule has 2 N–H and O–H groups in total. The highest BCUT2D eigenvalue weighted by atomic mass is 32.1. The van der Waals surface area contributed by atoms with Crippen LogP contribution in [0.25, 0.3) is 0 Å². The smallest absolute Gasteiger partial charge is 0.326 e. The van der Waals surface area contributed by atoms with Crippen LogP contribution in [0.15, 0.2) is 0 Å². The molecule has 6 heteroatoms. The highest BCUT2D eigenvalue weighted by Gasteiger charge is 2.37. The Bertz CT molecular complexity index is 317. The van der Waals surface area contributed by atoms with Gasteiger partial charge < -0.3 is 5.73 Å². The van der Waals surface area contributed by atoms with Crippen molar-refractivity contribution in [2.75, 3.05) is 0 Å². The zero-order chi connectivity index (χ0) is 10.9. The van der Waals surface area contributed by atoms with Gasteiger partial charge in [0.1, 0.15) is 0 Å². The van der Waals surface area contributed by atoms with Gasteiger partial charge in [0.25, 0.3) is 0 Å². The van der Waals surface area contributed by atoms with E-state index < -0.39 is 11.9 Å². The summed E-state index contributed by atoms with van der Waals surface area (Å²) in [6.45, 7) is 3.50. The molecule has 0 fully saturated rings. The second kappa shape index (κ2) is 3.86. The van der Waals surface area contributed by atoms with Crippen molar-refractivity contribution in [3.63, 3.8) is 0 Å². The highest BCUT2D eigenvalue weighted by molar-refractivity contribution is 7.11. The standard InChI is InChI=1S/C8H11F3N2S/c1-4(2)7-13-6(8(9,10)11)5(3-12)14-7/h4H,3,12H2,1-2H3. The highest BCUT2D eigenvalue weighted by Crippen LogP contribution is 2.35. The van der Waals surface area contributed by atoms with Gasteiger partial charge in [-0.05, 0) is 0 Å². The zero-order valence-electron chi connectivity index (χ0n) is 7.85. The second-order valence-corrected chi connectivity index (χ2v) is 4.30. The van der Waals surface area contributed by atoms with Crippen LogP contribution in [0.4, 0.5) is 13.2 Å². The number of thiazole rings is 1. The number of hydrogen-bond donors (Lipinski definition) is 1. The van der Waals surface area contributed by atoms with E-state index in [0.717, 1.165) is 11.3 Å². The molecular weight excluding hydrogens is 213 g/mol. The van der Waals surface area contributed by atoms with Crippen LogP contribution in [0.3, 0.4) is 0 Å². The van der Waals surface area contributed by atoms with Crippen LogP contribution in [0.1, 0.15) is 35.3 Å². The third-order valence-electron chi connectivity index (χ3n) is 1.66. The normalized spacial score (nSPS) is 12.5. The maximum Gasteiger partial charge on any atom is 0.434 e. The summed E-state index contributed by atoms with van der Waals surface area (Å²) in [4.78, 5) is 3.68. The lowest BCUT2D eigenvalue weighted by atomic mass is 10.2. The first-order chi connectivity index (χ1) is 6.36. The lowest BCUT2D eigenvalue weighted by Gasteiger charge is -2.03. The van der Waals surface area contributed by atoms with Gasteiger partial charge in [-0.3, -0.25) is 0 Å². The summed E-state index contributed by atoms with van der Waals surface area (Å²) < 4.78 is 37.2. The minimum absolute atomic E-state index is 0.00130. The summed E-state index contributed by atoms with van der Waals surface area (Å²) in [6.07, 6.45) is -4.39. The molecule has 0 aliphatic rings. The fraction of sp³-hybridized carbons (Fsp3) is 0.625. The van der Waals surface area contributed by atoms with Gasteiger partial charge >= 0.3 is 6.18 Å². The molecule has 0 amide bonds. The summed E-state index contributed by atoms with van der Waals surface area (Å²) in [5.74, 6) is 0.00130. The van der Waals surface area contributed by atoms with Gasteiger partial charge in [-0.15, -0.1) is 11.3 Å². The Labute approximate surface area is 84.0 Å². The molecule has 1 heterocycles. The van der Waals surface area contributed by atoms with Crippen LogP contribution in [0, 0.1) is 0 Å². The van der Waals surface area contributed by atoms with Gasteiger partial charge in [-0.2, -0.15) is 13.2 Å². The Balaban J connectivity index is 3.16. The number of rotatable bonds is 2. The Morgan fingerprint density at radius 2 is 2.00 bits per heavy atom. The van der Waals surface area contributed by atoms with Crippen molar-refractivity contribution in [1.82, 2.24) is 4.98 Å². The topological polar surface area (TPSA) is 38.9 Å². The molecule has 1 aromatic heterocycles. The molecule has 0 bridgehead atoms. The van der Waals surface area contributed by atoms with Crippen molar-refractivity contribution in [2.45, 2.75) is 32.5 Å². The summed E-state index contributed by atoms with van der Waals surface area (Å²) in [5.41, 5.74) is 4.41. The first-order valence-corrected chi connectivity index (χ1v) is 4.94. The van der Waals surface area contributed by atoms with Crippen LogP contribution in [0.2, 0.25) is 0 Å². The third kappa shape index (κ3) is 2.24. The van der Waals surface area contributed by atoms with Crippen LogP contribution in [-0.4, -0.2) is 4.98 Å². The largest absolute Gasteiger partial charge is 0.434 e. The molecule has 14 heavy (non-hydrogen) atoms. The fourth-order valence-electron chi connectivity index (χ4n) is 0.977. The van der Waals surface area contributed by atoms with Gasteiger partial charge in [-0.25, -0.2) is 4.98 Å². The zero-order valence-corrected chi connectivity index (χ0v) is 8.67. The second-order valence-electron chi connectivity index (χ2n) is 3.18. The fourth-order valence-corrected chi connectivity index (χ4v) is 1.94. The minimum Gasteiger partial charge on any atom is -0.326 e. The molecule has 0 radical (unpaired) electrons. The Hall–Kier alpha value is -0.620. The Morgan fingerprint density at radius 1 is 1.43 bits per heavy atom. The molecule has 0 saturated heterocycles. The Kier molecular flexibility index (Phi) is 3.16. The van der Waals surface area contributed by atoms with Crippen molar-refractivity contribution in [3.05, 3.63) is 15.6 Å². The SMILES string of the molecule is CC(C)c1nc(C(F)(F)F)c(CN)s1. The number of aromatic nitrogens is 1.